The minimum atomic E-state index is 0.163. The molecule has 0 spiro atoms. The summed E-state index contributed by atoms with van der Waals surface area (Å²) in [7, 11) is 2.08. The smallest absolute Gasteiger partial charge is 0.219 e. The van der Waals surface area contributed by atoms with Gasteiger partial charge in [0.2, 0.25) is 5.91 Å². The second-order valence-corrected chi connectivity index (χ2v) is 6.97. The highest BCUT2D eigenvalue weighted by molar-refractivity contribution is 5.73. The Bertz CT molecular complexity index is 755. The van der Waals surface area contributed by atoms with E-state index in [9.17, 15) is 4.79 Å². The molecule has 27 heavy (non-hydrogen) atoms. The maximum atomic E-state index is 11.5. The van der Waals surface area contributed by atoms with Gasteiger partial charge in [-0.2, -0.15) is 0 Å². The van der Waals surface area contributed by atoms with Crippen molar-refractivity contribution in [3.05, 3.63) is 30.7 Å². The van der Waals surface area contributed by atoms with Crippen molar-refractivity contribution < 1.29 is 4.79 Å². The molecule has 0 aliphatic carbocycles. The average molecular weight is 368 g/mol. The van der Waals surface area contributed by atoms with Gasteiger partial charge in [0.05, 0.1) is 5.69 Å². The summed E-state index contributed by atoms with van der Waals surface area (Å²) >= 11 is 0. The summed E-state index contributed by atoms with van der Waals surface area (Å²) in [5, 5.41) is 3.28. The number of piperidine rings is 1. The molecule has 1 aliphatic heterocycles. The van der Waals surface area contributed by atoms with Gasteiger partial charge in [-0.1, -0.05) is 6.92 Å². The van der Waals surface area contributed by atoms with Crippen molar-refractivity contribution in [2.45, 2.75) is 39.2 Å². The zero-order valence-corrected chi connectivity index (χ0v) is 16.4. The van der Waals surface area contributed by atoms with Crippen molar-refractivity contribution in [1.82, 2.24) is 19.9 Å². The van der Waals surface area contributed by atoms with Crippen molar-refractivity contribution in [1.29, 1.82) is 0 Å². The molecular weight excluding hydrogens is 340 g/mol. The van der Waals surface area contributed by atoms with Gasteiger partial charge in [-0.3, -0.25) is 4.79 Å². The highest BCUT2D eigenvalue weighted by Crippen LogP contribution is 2.24. The number of anilines is 2. The number of aromatic nitrogens is 3. The second-order valence-electron chi connectivity index (χ2n) is 6.97. The summed E-state index contributed by atoms with van der Waals surface area (Å²) < 4.78 is 0. The number of nitrogens with one attached hydrogen (secondary N) is 1. The molecule has 144 valence electrons. The first-order valence-electron chi connectivity index (χ1n) is 9.59. The number of hydrogen-bond donors (Lipinski definition) is 1. The van der Waals surface area contributed by atoms with Gasteiger partial charge >= 0.3 is 0 Å². The van der Waals surface area contributed by atoms with Gasteiger partial charge in [0.25, 0.3) is 0 Å². The van der Waals surface area contributed by atoms with Crippen LogP contribution in [-0.2, 0) is 4.79 Å². The highest BCUT2D eigenvalue weighted by atomic mass is 16.2. The molecule has 0 bridgehead atoms. The minimum absolute atomic E-state index is 0.163. The Labute approximate surface area is 160 Å². The number of nitrogens with zero attached hydrogens (tertiary/aromatic N) is 5. The Morgan fingerprint density at radius 3 is 2.67 bits per heavy atom. The summed E-state index contributed by atoms with van der Waals surface area (Å²) in [6.07, 6.45) is 6.43. The average Bonchev–Trinajstić information content (AvgIpc) is 2.72. The summed E-state index contributed by atoms with van der Waals surface area (Å²) in [6, 6.07) is 6.44. The number of likely N-dealkylation sites (tertiary alicyclic amines) is 1. The van der Waals surface area contributed by atoms with Crippen molar-refractivity contribution in [3.63, 3.8) is 0 Å². The standard InChI is InChI=1S/C20H28N6O/c1-4-9-21-19-12-18(23-14-24-19)16-5-6-20(22-13-16)25(3)17-7-10-26(11-8-17)15(2)27/h5-6,12-14,17H,4,7-11H2,1-3H3,(H,21,23,24). The van der Waals surface area contributed by atoms with E-state index in [1.54, 1.807) is 13.3 Å². The number of hydrogen-bond acceptors (Lipinski definition) is 6. The van der Waals surface area contributed by atoms with Gasteiger partial charge in [-0.05, 0) is 31.4 Å². The lowest BCUT2D eigenvalue weighted by atomic mass is 10.0. The van der Waals surface area contributed by atoms with Gasteiger partial charge in [0.1, 0.15) is 18.0 Å². The molecule has 0 unspecified atom stereocenters. The quantitative estimate of drug-likeness (QED) is 0.845. The second kappa shape index (κ2) is 8.79. The topological polar surface area (TPSA) is 74.2 Å². The Hall–Kier alpha value is -2.70. The molecule has 1 fully saturated rings. The van der Waals surface area contributed by atoms with E-state index in [-0.39, 0.29) is 5.91 Å². The van der Waals surface area contributed by atoms with Crippen molar-refractivity contribution in [2.24, 2.45) is 0 Å². The third kappa shape index (κ3) is 4.72. The molecule has 7 nitrogen and oxygen atoms in total. The van der Waals surface area contributed by atoms with Crippen LogP contribution in [0.15, 0.2) is 30.7 Å². The Morgan fingerprint density at radius 1 is 1.26 bits per heavy atom. The number of carbonyl (C=O) groups excluding carboxylic acids is 1. The fourth-order valence-electron chi connectivity index (χ4n) is 3.37. The molecule has 3 rings (SSSR count). The number of pyridine rings is 1. The minimum Gasteiger partial charge on any atom is -0.370 e. The van der Waals surface area contributed by atoms with Crippen LogP contribution in [0, 0.1) is 0 Å². The van der Waals surface area contributed by atoms with Crippen LogP contribution in [0.25, 0.3) is 11.3 Å². The first kappa shape index (κ1) is 19.1. The highest BCUT2D eigenvalue weighted by Gasteiger charge is 2.24. The summed E-state index contributed by atoms with van der Waals surface area (Å²) in [6.45, 7) is 6.29. The molecule has 1 saturated heterocycles. The van der Waals surface area contributed by atoms with Crippen LogP contribution in [0.4, 0.5) is 11.6 Å². The van der Waals surface area contributed by atoms with Gasteiger partial charge in [0, 0.05) is 57.5 Å². The largest absolute Gasteiger partial charge is 0.370 e. The van der Waals surface area contributed by atoms with E-state index < -0.39 is 0 Å². The summed E-state index contributed by atoms with van der Waals surface area (Å²) in [5.74, 6) is 1.94. The SMILES string of the molecule is CCCNc1cc(-c2ccc(N(C)C3CCN(C(C)=O)CC3)nc2)ncn1. The van der Waals surface area contributed by atoms with Crippen LogP contribution in [0.1, 0.15) is 33.1 Å². The van der Waals surface area contributed by atoms with E-state index in [0.717, 1.165) is 61.8 Å². The van der Waals surface area contributed by atoms with Crippen molar-refractivity contribution >= 4 is 17.5 Å². The Morgan fingerprint density at radius 2 is 2.04 bits per heavy atom. The molecular formula is C20H28N6O. The Kier molecular flexibility index (Phi) is 6.21. The number of carbonyl (C=O) groups is 1. The van der Waals surface area contributed by atoms with Crippen LogP contribution >= 0.6 is 0 Å². The molecule has 2 aromatic heterocycles. The van der Waals surface area contributed by atoms with E-state index in [0.29, 0.717) is 6.04 Å². The molecule has 0 saturated carbocycles. The maximum Gasteiger partial charge on any atom is 0.219 e. The lowest BCUT2D eigenvalue weighted by Gasteiger charge is -2.37. The lowest BCUT2D eigenvalue weighted by molar-refractivity contribution is -0.129. The third-order valence-electron chi connectivity index (χ3n) is 5.09. The number of rotatable bonds is 6. The van der Waals surface area contributed by atoms with Gasteiger partial charge in [-0.25, -0.2) is 15.0 Å². The fraction of sp³-hybridized carbons (Fsp3) is 0.500. The predicted octanol–water partition coefficient (Wildman–Crippen LogP) is 2.81. The van der Waals surface area contributed by atoms with E-state index in [4.69, 9.17) is 0 Å². The van der Waals surface area contributed by atoms with Crippen molar-refractivity contribution in [2.75, 3.05) is 36.9 Å². The molecule has 0 atom stereocenters. The van der Waals surface area contributed by atoms with Crippen LogP contribution in [0.3, 0.4) is 0 Å². The molecule has 0 aromatic carbocycles. The predicted molar refractivity (Wildman–Crippen MR) is 108 cm³/mol. The number of amides is 1. The first-order valence-corrected chi connectivity index (χ1v) is 9.59. The van der Waals surface area contributed by atoms with Crippen LogP contribution in [-0.4, -0.2) is 58.5 Å². The third-order valence-corrected chi connectivity index (χ3v) is 5.09. The molecule has 1 amide bonds. The zero-order valence-electron chi connectivity index (χ0n) is 16.4. The molecule has 3 heterocycles. The molecule has 7 heteroatoms. The molecule has 1 N–H and O–H groups in total. The fourth-order valence-corrected chi connectivity index (χ4v) is 3.37. The summed E-state index contributed by atoms with van der Waals surface area (Å²) in [5.41, 5.74) is 1.83. The van der Waals surface area contributed by atoms with Crippen LogP contribution < -0.4 is 10.2 Å². The van der Waals surface area contributed by atoms with Gasteiger partial charge in [0.15, 0.2) is 0 Å². The molecule has 2 aromatic rings. The monoisotopic (exact) mass is 368 g/mol. The zero-order chi connectivity index (χ0) is 19.2. The molecule has 1 aliphatic rings. The van der Waals surface area contributed by atoms with Crippen molar-refractivity contribution in [3.8, 4) is 11.3 Å². The summed E-state index contributed by atoms with van der Waals surface area (Å²) in [4.78, 5) is 28.9. The van der Waals surface area contributed by atoms with Crippen LogP contribution in [0.2, 0.25) is 0 Å². The van der Waals surface area contributed by atoms with E-state index in [1.807, 2.05) is 23.2 Å². The maximum absolute atomic E-state index is 11.5. The van der Waals surface area contributed by atoms with Crippen LogP contribution in [0.5, 0.6) is 0 Å². The van der Waals surface area contributed by atoms with E-state index in [2.05, 4.69) is 45.2 Å². The van der Waals surface area contributed by atoms with E-state index in [1.165, 1.54) is 0 Å². The first-order chi connectivity index (χ1) is 13.1. The van der Waals surface area contributed by atoms with Gasteiger partial charge in [-0.15, -0.1) is 0 Å². The Balaban J connectivity index is 1.66. The van der Waals surface area contributed by atoms with Gasteiger partial charge < -0.3 is 15.1 Å². The normalized spacial score (nSPS) is 14.9. The lowest BCUT2D eigenvalue weighted by Crippen LogP contribution is -2.45. The molecule has 0 radical (unpaired) electrons. The van der Waals surface area contributed by atoms with E-state index >= 15 is 0 Å².